The summed E-state index contributed by atoms with van der Waals surface area (Å²) in [5.41, 5.74) is 6.88. The van der Waals surface area contributed by atoms with Gasteiger partial charge in [0.1, 0.15) is 0 Å². The first-order valence-corrected chi connectivity index (χ1v) is 6.71. The molecule has 1 unspecified atom stereocenters. The molecule has 0 aliphatic carbocycles. The molecular weight excluding hydrogens is 244 g/mol. The molecule has 0 fully saturated rings. The van der Waals surface area contributed by atoms with Gasteiger partial charge in [-0.15, -0.1) is 11.3 Å². The van der Waals surface area contributed by atoms with E-state index >= 15 is 0 Å². The Morgan fingerprint density at radius 1 is 1.33 bits per heavy atom. The van der Waals surface area contributed by atoms with Gasteiger partial charge in [-0.3, -0.25) is 4.79 Å². The minimum Gasteiger partial charge on any atom is -0.366 e. The predicted molar refractivity (Wildman–Crippen MR) is 74.5 cm³/mol. The van der Waals surface area contributed by atoms with E-state index in [1.54, 1.807) is 17.4 Å². The summed E-state index contributed by atoms with van der Waals surface area (Å²) in [6.07, 6.45) is 0. The van der Waals surface area contributed by atoms with Gasteiger partial charge in [0, 0.05) is 23.0 Å². The number of carbonyl (C=O) groups is 1. The maximum Gasteiger partial charge on any atom is 0.249 e. The number of hydrogen-bond donors (Lipinski definition) is 2. The van der Waals surface area contributed by atoms with Crippen molar-refractivity contribution in [3.05, 3.63) is 57.8 Å². The van der Waals surface area contributed by atoms with Crippen molar-refractivity contribution in [1.29, 1.82) is 0 Å². The zero-order valence-electron chi connectivity index (χ0n) is 10.2. The van der Waals surface area contributed by atoms with Gasteiger partial charge in [-0.25, -0.2) is 0 Å². The molecule has 3 N–H and O–H groups in total. The molecule has 18 heavy (non-hydrogen) atoms. The number of nitrogens with two attached hydrogens (primary N) is 1. The lowest BCUT2D eigenvalue weighted by Gasteiger charge is -2.13. The quantitative estimate of drug-likeness (QED) is 0.868. The second-order valence-corrected chi connectivity index (χ2v) is 5.12. The summed E-state index contributed by atoms with van der Waals surface area (Å²) >= 11 is 1.72. The number of benzene rings is 1. The second-order valence-electron chi connectivity index (χ2n) is 4.14. The van der Waals surface area contributed by atoms with Crippen molar-refractivity contribution in [2.75, 3.05) is 0 Å². The molecule has 0 spiro atoms. The Labute approximate surface area is 111 Å². The molecule has 0 aliphatic rings. The Kier molecular flexibility index (Phi) is 4.12. The standard InChI is InChI=1S/C14H16N2OS/c1-10(13-7-4-8-18-13)16-9-11-5-2-3-6-12(11)14(15)17/h2-8,10,16H,9H2,1H3,(H2,15,17). The van der Waals surface area contributed by atoms with E-state index in [0.717, 1.165) is 5.56 Å². The lowest BCUT2D eigenvalue weighted by atomic mass is 10.1. The topological polar surface area (TPSA) is 55.1 Å². The molecule has 94 valence electrons. The fourth-order valence-electron chi connectivity index (χ4n) is 1.82. The van der Waals surface area contributed by atoms with Crippen LogP contribution in [-0.4, -0.2) is 5.91 Å². The molecule has 2 aromatic rings. The summed E-state index contributed by atoms with van der Waals surface area (Å²) in [4.78, 5) is 12.6. The highest BCUT2D eigenvalue weighted by atomic mass is 32.1. The highest BCUT2D eigenvalue weighted by Crippen LogP contribution is 2.19. The average Bonchev–Trinajstić information content (AvgIpc) is 2.90. The van der Waals surface area contributed by atoms with Crippen LogP contribution in [0.1, 0.15) is 33.8 Å². The van der Waals surface area contributed by atoms with Crippen LogP contribution in [0, 0.1) is 0 Å². The fraction of sp³-hybridized carbons (Fsp3) is 0.214. The van der Waals surface area contributed by atoms with Crippen molar-refractivity contribution in [3.63, 3.8) is 0 Å². The van der Waals surface area contributed by atoms with Gasteiger partial charge in [0.15, 0.2) is 0 Å². The molecule has 0 saturated carbocycles. The van der Waals surface area contributed by atoms with Crippen molar-refractivity contribution in [2.24, 2.45) is 5.73 Å². The van der Waals surface area contributed by atoms with Crippen LogP contribution in [0.25, 0.3) is 0 Å². The Morgan fingerprint density at radius 3 is 2.78 bits per heavy atom. The predicted octanol–water partition coefficient (Wildman–Crippen LogP) is 2.70. The zero-order chi connectivity index (χ0) is 13.0. The van der Waals surface area contributed by atoms with Gasteiger partial charge in [0.2, 0.25) is 5.91 Å². The largest absolute Gasteiger partial charge is 0.366 e. The summed E-state index contributed by atoms with van der Waals surface area (Å²) < 4.78 is 0. The molecule has 3 nitrogen and oxygen atoms in total. The molecule has 1 heterocycles. The smallest absolute Gasteiger partial charge is 0.249 e. The minimum absolute atomic E-state index is 0.269. The van der Waals surface area contributed by atoms with E-state index in [1.165, 1.54) is 4.88 Å². The van der Waals surface area contributed by atoms with Crippen LogP contribution >= 0.6 is 11.3 Å². The SMILES string of the molecule is CC(NCc1ccccc1C(N)=O)c1cccs1. The molecule has 2 rings (SSSR count). The van der Waals surface area contributed by atoms with Crippen molar-refractivity contribution < 1.29 is 4.79 Å². The molecular formula is C14H16N2OS. The monoisotopic (exact) mass is 260 g/mol. The van der Waals surface area contributed by atoms with Crippen molar-refractivity contribution >= 4 is 17.2 Å². The number of nitrogens with one attached hydrogen (secondary N) is 1. The second kappa shape index (κ2) is 5.80. The lowest BCUT2D eigenvalue weighted by molar-refractivity contribution is 0.0999. The van der Waals surface area contributed by atoms with E-state index in [0.29, 0.717) is 12.1 Å². The number of carbonyl (C=O) groups excluding carboxylic acids is 1. The first kappa shape index (κ1) is 12.8. The Bertz CT molecular complexity index is 522. The van der Waals surface area contributed by atoms with Gasteiger partial charge in [-0.05, 0) is 30.0 Å². The molecule has 0 aliphatic heterocycles. The molecule has 1 atom stereocenters. The number of hydrogen-bond acceptors (Lipinski definition) is 3. The van der Waals surface area contributed by atoms with Crippen molar-refractivity contribution in [2.45, 2.75) is 19.5 Å². The number of rotatable bonds is 5. The average molecular weight is 260 g/mol. The summed E-state index contributed by atoms with van der Waals surface area (Å²) in [6, 6.07) is 11.8. The molecule has 4 heteroatoms. The third-order valence-corrected chi connectivity index (χ3v) is 3.91. The Morgan fingerprint density at radius 2 is 2.11 bits per heavy atom. The highest BCUT2D eigenvalue weighted by Gasteiger charge is 2.09. The van der Waals surface area contributed by atoms with Gasteiger partial charge in [0.25, 0.3) is 0 Å². The van der Waals surface area contributed by atoms with Crippen molar-refractivity contribution in [3.8, 4) is 0 Å². The van der Waals surface area contributed by atoms with Crippen LogP contribution in [0.3, 0.4) is 0 Å². The van der Waals surface area contributed by atoms with Crippen LogP contribution < -0.4 is 11.1 Å². The summed E-state index contributed by atoms with van der Waals surface area (Å²) in [5, 5.41) is 5.46. The van der Waals surface area contributed by atoms with E-state index in [1.807, 2.05) is 24.3 Å². The van der Waals surface area contributed by atoms with E-state index < -0.39 is 0 Å². The minimum atomic E-state index is -0.379. The number of thiophene rings is 1. The van der Waals surface area contributed by atoms with E-state index in [9.17, 15) is 4.79 Å². The number of amides is 1. The van der Waals surface area contributed by atoms with Crippen molar-refractivity contribution in [1.82, 2.24) is 5.32 Å². The fourth-order valence-corrected chi connectivity index (χ4v) is 2.57. The molecule has 0 saturated heterocycles. The number of primary amides is 1. The highest BCUT2D eigenvalue weighted by molar-refractivity contribution is 7.10. The first-order chi connectivity index (χ1) is 8.68. The van der Waals surface area contributed by atoms with Crippen LogP contribution in [0.4, 0.5) is 0 Å². The molecule has 0 bridgehead atoms. The van der Waals surface area contributed by atoms with Crippen LogP contribution in [0.2, 0.25) is 0 Å². The summed E-state index contributed by atoms with van der Waals surface area (Å²) in [6.45, 7) is 2.75. The third kappa shape index (κ3) is 2.97. The normalized spacial score (nSPS) is 12.3. The summed E-state index contributed by atoms with van der Waals surface area (Å²) in [5.74, 6) is -0.379. The molecule has 1 amide bonds. The zero-order valence-corrected chi connectivity index (χ0v) is 11.0. The van der Waals surface area contributed by atoms with Crippen LogP contribution in [0.5, 0.6) is 0 Å². The molecule has 1 aromatic carbocycles. The first-order valence-electron chi connectivity index (χ1n) is 5.83. The van der Waals surface area contributed by atoms with E-state index in [-0.39, 0.29) is 11.9 Å². The molecule has 0 radical (unpaired) electrons. The Balaban J connectivity index is 2.04. The maximum absolute atomic E-state index is 11.3. The van der Waals surface area contributed by atoms with Gasteiger partial charge >= 0.3 is 0 Å². The van der Waals surface area contributed by atoms with Gasteiger partial charge < -0.3 is 11.1 Å². The summed E-state index contributed by atoms with van der Waals surface area (Å²) in [7, 11) is 0. The Hall–Kier alpha value is -1.65. The van der Waals surface area contributed by atoms with Gasteiger partial charge in [-0.1, -0.05) is 24.3 Å². The van der Waals surface area contributed by atoms with Crippen LogP contribution in [0.15, 0.2) is 41.8 Å². The third-order valence-electron chi connectivity index (χ3n) is 2.85. The molecule has 1 aromatic heterocycles. The maximum atomic E-state index is 11.3. The van der Waals surface area contributed by atoms with E-state index in [2.05, 4.69) is 23.7 Å². The van der Waals surface area contributed by atoms with Gasteiger partial charge in [0.05, 0.1) is 0 Å². The van der Waals surface area contributed by atoms with Crippen LogP contribution in [-0.2, 0) is 6.54 Å². The van der Waals surface area contributed by atoms with E-state index in [4.69, 9.17) is 5.73 Å². The van der Waals surface area contributed by atoms with Gasteiger partial charge in [-0.2, -0.15) is 0 Å². The lowest BCUT2D eigenvalue weighted by Crippen LogP contribution is -2.21.